The van der Waals surface area contributed by atoms with Gasteiger partial charge in [-0.1, -0.05) is 18.2 Å². The highest BCUT2D eigenvalue weighted by Crippen LogP contribution is 2.20. The van der Waals surface area contributed by atoms with Gasteiger partial charge in [0.15, 0.2) is 6.10 Å². The molecule has 0 aromatic heterocycles. The average molecular weight is 402 g/mol. The van der Waals surface area contributed by atoms with Crippen LogP contribution in [0, 0.1) is 6.92 Å². The molecule has 1 fully saturated rings. The van der Waals surface area contributed by atoms with E-state index in [0.29, 0.717) is 5.69 Å². The number of esters is 1. The van der Waals surface area contributed by atoms with Crippen LogP contribution in [0.2, 0.25) is 0 Å². The number of anilines is 1. The minimum absolute atomic E-state index is 0.0539. The minimum Gasteiger partial charge on any atom is -0.449 e. The van der Waals surface area contributed by atoms with Gasteiger partial charge in [-0.05, 0) is 62.6 Å². The van der Waals surface area contributed by atoms with Crippen LogP contribution in [-0.4, -0.2) is 32.4 Å². The number of ether oxygens (including phenoxy) is 1. The molecule has 1 saturated carbocycles. The van der Waals surface area contributed by atoms with Gasteiger partial charge in [0.2, 0.25) is 0 Å². The molecule has 148 valence electrons. The molecule has 0 spiro atoms. The number of benzene rings is 2. The van der Waals surface area contributed by atoms with Gasteiger partial charge in [-0.3, -0.25) is 9.52 Å². The lowest BCUT2D eigenvalue weighted by Gasteiger charge is -2.14. The number of amides is 1. The van der Waals surface area contributed by atoms with Gasteiger partial charge >= 0.3 is 5.97 Å². The number of rotatable bonds is 7. The summed E-state index contributed by atoms with van der Waals surface area (Å²) in [6.07, 6.45) is 0.902. The summed E-state index contributed by atoms with van der Waals surface area (Å²) in [4.78, 5) is 24.2. The van der Waals surface area contributed by atoms with Crippen LogP contribution >= 0.6 is 0 Å². The van der Waals surface area contributed by atoms with E-state index in [-0.39, 0.29) is 22.4 Å². The van der Waals surface area contributed by atoms with Gasteiger partial charge in [0.1, 0.15) is 0 Å². The van der Waals surface area contributed by atoms with Gasteiger partial charge < -0.3 is 10.1 Å². The third kappa shape index (κ3) is 5.10. The van der Waals surface area contributed by atoms with E-state index in [9.17, 15) is 18.0 Å². The molecule has 2 aromatic rings. The first-order chi connectivity index (χ1) is 13.2. The van der Waals surface area contributed by atoms with E-state index in [2.05, 4.69) is 10.0 Å². The summed E-state index contributed by atoms with van der Waals surface area (Å²) >= 11 is 0. The van der Waals surface area contributed by atoms with Crippen molar-refractivity contribution in [2.75, 3.05) is 4.72 Å². The number of sulfonamides is 1. The summed E-state index contributed by atoms with van der Waals surface area (Å²) in [6.45, 7) is 3.34. The lowest BCUT2D eigenvalue weighted by Crippen LogP contribution is -2.37. The summed E-state index contributed by atoms with van der Waals surface area (Å²) < 4.78 is 32.9. The van der Waals surface area contributed by atoms with Crippen LogP contribution in [-0.2, 0) is 19.6 Å². The van der Waals surface area contributed by atoms with Gasteiger partial charge in [-0.25, -0.2) is 13.2 Å². The van der Waals surface area contributed by atoms with Crippen molar-refractivity contribution in [1.29, 1.82) is 0 Å². The normalized spacial score (nSPS) is 14.8. The van der Waals surface area contributed by atoms with Crippen LogP contribution in [0.15, 0.2) is 53.4 Å². The Morgan fingerprint density at radius 2 is 1.82 bits per heavy atom. The van der Waals surface area contributed by atoms with Gasteiger partial charge in [-0.2, -0.15) is 0 Å². The molecule has 1 aliphatic carbocycles. The van der Waals surface area contributed by atoms with Crippen molar-refractivity contribution in [1.82, 2.24) is 5.32 Å². The highest BCUT2D eigenvalue weighted by atomic mass is 32.2. The predicted octanol–water partition coefficient (Wildman–Crippen LogP) is 2.62. The smallest absolute Gasteiger partial charge is 0.338 e. The second kappa shape index (κ2) is 8.02. The zero-order chi connectivity index (χ0) is 20.3. The summed E-state index contributed by atoms with van der Waals surface area (Å²) in [5.74, 6) is -1.12. The Morgan fingerprint density at radius 1 is 1.11 bits per heavy atom. The maximum absolute atomic E-state index is 12.6. The van der Waals surface area contributed by atoms with Crippen molar-refractivity contribution in [2.24, 2.45) is 0 Å². The van der Waals surface area contributed by atoms with Crippen LogP contribution in [0.1, 0.15) is 35.7 Å². The summed E-state index contributed by atoms with van der Waals surface area (Å²) in [5.41, 5.74) is 1.40. The number of hydrogen-bond acceptors (Lipinski definition) is 5. The highest BCUT2D eigenvalue weighted by Gasteiger charge is 2.27. The fourth-order valence-corrected chi connectivity index (χ4v) is 3.64. The average Bonchev–Trinajstić information content (AvgIpc) is 3.45. The summed E-state index contributed by atoms with van der Waals surface area (Å²) in [7, 11) is -3.88. The van der Waals surface area contributed by atoms with Crippen molar-refractivity contribution in [3.8, 4) is 0 Å². The van der Waals surface area contributed by atoms with Crippen LogP contribution < -0.4 is 10.0 Å². The Bertz CT molecular complexity index is 999. The quantitative estimate of drug-likeness (QED) is 0.693. The van der Waals surface area contributed by atoms with Crippen LogP contribution in [0.4, 0.5) is 5.69 Å². The molecule has 0 unspecified atom stereocenters. The van der Waals surface area contributed by atoms with Crippen LogP contribution in [0.5, 0.6) is 0 Å². The monoisotopic (exact) mass is 402 g/mol. The Balaban J connectivity index is 1.71. The third-order valence-corrected chi connectivity index (χ3v) is 5.61. The number of carbonyl (C=O) groups excluding carboxylic acids is 2. The van der Waals surface area contributed by atoms with Crippen molar-refractivity contribution >= 4 is 27.6 Å². The number of aryl methyl sites for hydroxylation is 1. The maximum atomic E-state index is 12.6. The van der Waals surface area contributed by atoms with Crippen molar-refractivity contribution in [3.63, 3.8) is 0 Å². The molecular formula is C20H22N2O5S. The molecule has 3 rings (SSSR count). The second-order valence-corrected chi connectivity index (χ2v) is 8.52. The number of carbonyl (C=O) groups is 2. The first kappa shape index (κ1) is 19.9. The van der Waals surface area contributed by atoms with Crippen LogP contribution in [0.25, 0.3) is 0 Å². The Morgan fingerprint density at radius 3 is 2.50 bits per heavy atom. The molecule has 0 saturated heterocycles. The maximum Gasteiger partial charge on any atom is 0.338 e. The molecule has 2 N–H and O–H groups in total. The molecule has 8 heteroatoms. The zero-order valence-corrected chi connectivity index (χ0v) is 16.5. The number of nitrogens with one attached hydrogen (secondary N) is 2. The molecule has 1 aliphatic rings. The highest BCUT2D eigenvalue weighted by molar-refractivity contribution is 7.92. The Hall–Kier alpha value is -2.87. The van der Waals surface area contributed by atoms with E-state index in [0.717, 1.165) is 18.4 Å². The fourth-order valence-electron chi connectivity index (χ4n) is 2.54. The standard InChI is InChI=1S/C20H22N2O5S/c1-13-5-3-7-17(11-13)22-28(25,26)18-8-4-6-15(12-18)20(24)27-14(2)19(23)21-16-9-10-16/h3-8,11-12,14,16,22H,9-10H2,1-2H3,(H,21,23)/t14-/m1/s1. The largest absolute Gasteiger partial charge is 0.449 e. The van der Waals surface area contributed by atoms with E-state index >= 15 is 0 Å². The zero-order valence-electron chi connectivity index (χ0n) is 15.6. The third-order valence-electron chi connectivity index (χ3n) is 4.23. The van der Waals surface area contributed by atoms with E-state index in [1.807, 2.05) is 13.0 Å². The van der Waals surface area contributed by atoms with E-state index in [4.69, 9.17) is 4.74 Å². The predicted molar refractivity (Wildman–Crippen MR) is 104 cm³/mol. The van der Waals surface area contributed by atoms with Crippen molar-refractivity contribution in [3.05, 3.63) is 59.7 Å². The van der Waals surface area contributed by atoms with E-state index in [1.165, 1.54) is 31.2 Å². The molecule has 1 amide bonds. The molecule has 1 atom stereocenters. The van der Waals surface area contributed by atoms with E-state index < -0.39 is 22.1 Å². The molecule has 0 aliphatic heterocycles. The van der Waals surface area contributed by atoms with Crippen molar-refractivity contribution in [2.45, 2.75) is 43.7 Å². The Kier molecular flexibility index (Phi) is 5.69. The SMILES string of the molecule is Cc1cccc(NS(=O)(=O)c2cccc(C(=O)O[C@H](C)C(=O)NC3CC3)c2)c1. The summed E-state index contributed by atoms with van der Waals surface area (Å²) in [6, 6.07) is 12.6. The molecule has 0 bridgehead atoms. The lowest BCUT2D eigenvalue weighted by atomic mass is 10.2. The minimum atomic E-state index is -3.88. The van der Waals surface area contributed by atoms with Crippen molar-refractivity contribution < 1.29 is 22.7 Å². The first-order valence-electron chi connectivity index (χ1n) is 8.95. The second-order valence-electron chi connectivity index (χ2n) is 6.83. The molecule has 2 aromatic carbocycles. The summed E-state index contributed by atoms with van der Waals surface area (Å²) in [5, 5.41) is 2.76. The van der Waals surface area contributed by atoms with Gasteiger partial charge in [-0.15, -0.1) is 0 Å². The molecule has 0 radical (unpaired) electrons. The molecular weight excluding hydrogens is 380 g/mol. The first-order valence-corrected chi connectivity index (χ1v) is 10.4. The van der Waals surface area contributed by atoms with Gasteiger partial charge in [0.05, 0.1) is 10.5 Å². The van der Waals surface area contributed by atoms with E-state index in [1.54, 1.807) is 18.2 Å². The molecule has 0 heterocycles. The van der Waals surface area contributed by atoms with Gasteiger partial charge in [0, 0.05) is 11.7 Å². The molecule has 28 heavy (non-hydrogen) atoms. The van der Waals surface area contributed by atoms with Crippen LogP contribution in [0.3, 0.4) is 0 Å². The lowest BCUT2D eigenvalue weighted by molar-refractivity contribution is -0.129. The topological polar surface area (TPSA) is 102 Å². The number of hydrogen-bond donors (Lipinski definition) is 2. The Labute approximate surface area is 164 Å². The molecule has 7 nitrogen and oxygen atoms in total. The van der Waals surface area contributed by atoms with Gasteiger partial charge in [0.25, 0.3) is 15.9 Å². The fraction of sp³-hybridized carbons (Fsp3) is 0.300.